The van der Waals surface area contributed by atoms with E-state index >= 15 is 0 Å². The van der Waals surface area contributed by atoms with Gasteiger partial charge in [0.25, 0.3) is 0 Å². The van der Waals surface area contributed by atoms with Gasteiger partial charge in [0, 0.05) is 11.1 Å². The second-order valence-corrected chi connectivity index (χ2v) is 5.85. The Hall–Kier alpha value is -2.20. The third-order valence-electron chi connectivity index (χ3n) is 3.33. The van der Waals surface area contributed by atoms with Gasteiger partial charge in [-0.05, 0) is 24.3 Å². The zero-order valence-corrected chi connectivity index (χ0v) is 15.5. The van der Waals surface area contributed by atoms with Crippen molar-refractivity contribution < 1.29 is 41.0 Å². The molecule has 0 spiro atoms. The summed E-state index contributed by atoms with van der Waals surface area (Å²) >= 11 is 2.94. The van der Waals surface area contributed by atoms with Crippen LogP contribution in [0.25, 0.3) is 0 Å². The smallest absolute Gasteiger partial charge is 0.388 e. The zero-order valence-electron chi connectivity index (χ0n) is 13.9. The number of Topliss-reactive ketones (excluding diaryl/α,β-unsaturated/α-hetero) is 2. The van der Waals surface area contributed by atoms with Crippen molar-refractivity contribution in [3.63, 3.8) is 0 Å². The summed E-state index contributed by atoms with van der Waals surface area (Å²) in [6.07, 6.45) is -8.75. The predicted molar refractivity (Wildman–Crippen MR) is 92.4 cm³/mol. The van der Waals surface area contributed by atoms with Crippen molar-refractivity contribution in [1.82, 2.24) is 0 Å². The number of hydrogen-bond donors (Lipinski definition) is 1. The van der Waals surface area contributed by atoms with Crippen molar-refractivity contribution in [2.45, 2.75) is 12.4 Å². The molecule has 0 fully saturated rings. The minimum Gasteiger partial charge on any atom is -0.388 e. The van der Waals surface area contributed by atoms with Crippen molar-refractivity contribution in [1.29, 1.82) is 0 Å². The first-order chi connectivity index (χ1) is 12.9. The van der Waals surface area contributed by atoms with E-state index in [0.29, 0.717) is 0 Å². The maximum absolute atomic E-state index is 12.1. The van der Waals surface area contributed by atoms with Crippen LogP contribution in [0.1, 0.15) is 31.8 Å². The van der Waals surface area contributed by atoms with E-state index in [0.717, 1.165) is 36.4 Å². The molecule has 2 rings (SSSR count). The van der Waals surface area contributed by atoms with Crippen LogP contribution in [-0.2, 0) is 12.4 Å². The molecule has 0 radical (unpaired) electrons. The predicted octanol–water partition coefficient (Wildman–Crippen LogP) is 5.16. The average molecular weight is 471 g/mol. The number of carbonyl (C=O) groups is 2. The molecule has 0 bridgehead atoms. The Morgan fingerprint density at radius 1 is 0.714 bits per heavy atom. The quantitative estimate of drug-likeness (QED) is 0.381. The van der Waals surface area contributed by atoms with Gasteiger partial charge in [0.15, 0.2) is 11.6 Å². The van der Waals surface area contributed by atoms with Crippen LogP contribution in [0, 0.1) is 0 Å². The molecule has 152 valence electrons. The fourth-order valence-corrected chi connectivity index (χ4v) is 2.18. The topological polar surface area (TPSA) is 54.4 Å². The Bertz CT molecular complexity index is 727. The standard InChI is InChI=1S/C9H6BrF3O.C9H7F3O2/c10-5-8(14)6-1-3-7(4-2-6)9(11,12)13;10-9(11,12)7-3-1-6(2-4-7)8(14)5-13/h1-4H,5H2;1-4,13H,5H2. The molecule has 28 heavy (non-hydrogen) atoms. The van der Waals surface area contributed by atoms with E-state index in [-0.39, 0.29) is 22.2 Å². The maximum Gasteiger partial charge on any atom is 0.416 e. The number of alkyl halides is 7. The summed E-state index contributed by atoms with van der Waals surface area (Å²) in [5.41, 5.74) is -1.22. The second kappa shape index (κ2) is 9.83. The third-order valence-corrected chi connectivity index (χ3v) is 3.84. The van der Waals surface area contributed by atoms with E-state index in [1.807, 2.05) is 0 Å². The monoisotopic (exact) mass is 470 g/mol. The molecule has 3 nitrogen and oxygen atoms in total. The summed E-state index contributed by atoms with van der Waals surface area (Å²) in [5, 5.41) is 8.56. The van der Waals surface area contributed by atoms with Crippen molar-refractivity contribution in [2.75, 3.05) is 11.9 Å². The molecule has 0 heterocycles. The first kappa shape index (κ1) is 23.8. The van der Waals surface area contributed by atoms with Gasteiger partial charge in [0.2, 0.25) is 0 Å². The molecule has 0 aromatic heterocycles. The Labute approximate surface area is 164 Å². The number of rotatable bonds is 4. The molecule has 10 heteroatoms. The largest absolute Gasteiger partial charge is 0.416 e. The van der Waals surface area contributed by atoms with Gasteiger partial charge in [-0.25, -0.2) is 0 Å². The Kier molecular flexibility index (Phi) is 8.37. The first-order valence-corrected chi connectivity index (χ1v) is 8.60. The molecule has 0 saturated heterocycles. The number of halogens is 7. The molecule has 0 amide bonds. The van der Waals surface area contributed by atoms with E-state index in [1.54, 1.807) is 0 Å². The highest BCUT2D eigenvalue weighted by atomic mass is 79.9. The second-order valence-electron chi connectivity index (χ2n) is 5.29. The van der Waals surface area contributed by atoms with E-state index in [1.165, 1.54) is 12.1 Å². The lowest BCUT2D eigenvalue weighted by Gasteiger charge is -2.06. The summed E-state index contributed by atoms with van der Waals surface area (Å²) in [5.74, 6) is -0.836. The molecule has 0 aliphatic heterocycles. The van der Waals surface area contributed by atoms with Crippen LogP contribution in [-0.4, -0.2) is 28.6 Å². The fraction of sp³-hybridized carbons (Fsp3) is 0.222. The number of ketones is 2. The summed E-state index contributed by atoms with van der Waals surface area (Å²) < 4.78 is 72.5. The lowest BCUT2D eigenvalue weighted by molar-refractivity contribution is -0.138. The van der Waals surface area contributed by atoms with Gasteiger partial charge in [0.1, 0.15) is 6.61 Å². The van der Waals surface area contributed by atoms with Gasteiger partial charge in [-0.3, -0.25) is 9.59 Å². The summed E-state index contributed by atoms with van der Waals surface area (Å²) in [6, 6.07) is 7.85. The van der Waals surface area contributed by atoms with Crippen LogP contribution < -0.4 is 0 Å². The van der Waals surface area contributed by atoms with Crippen LogP contribution in [0.5, 0.6) is 0 Å². The molecule has 2 aromatic rings. The molecular formula is C18H13BrF6O3. The van der Waals surface area contributed by atoms with Gasteiger partial charge in [-0.1, -0.05) is 40.2 Å². The van der Waals surface area contributed by atoms with Crippen LogP contribution >= 0.6 is 15.9 Å². The number of benzene rings is 2. The Morgan fingerprint density at radius 2 is 1.04 bits per heavy atom. The van der Waals surface area contributed by atoms with Gasteiger partial charge in [-0.15, -0.1) is 0 Å². The van der Waals surface area contributed by atoms with E-state index in [4.69, 9.17) is 5.11 Å². The Balaban J connectivity index is 0.000000280. The molecular weight excluding hydrogens is 458 g/mol. The van der Waals surface area contributed by atoms with Crippen LogP contribution in [0.15, 0.2) is 48.5 Å². The molecule has 0 aliphatic carbocycles. The molecule has 0 atom stereocenters. The van der Waals surface area contributed by atoms with E-state index in [9.17, 15) is 35.9 Å². The maximum atomic E-state index is 12.1. The minimum atomic E-state index is -4.40. The van der Waals surface area contributed by atoms with Crippen molar-refractivity contribution >= 4 is 27.5 Å². The molecule has 2 aromatic carbocycles. The molecule has 0 saturated carbocycles. The zero-order chi connectivity index (χ0) is 21.5. The minimum absolute atomic E-state index is 0.0699. The number of aliphatic hydroxyl groups is 1. The Morgan fingerprint density at radius 3 is 1.29 bits per heavy atom. The fourth-order valence-electron chi connectivity index (χ4n) is 1.86. The van der Waals surface area contributed by atoms with Crippen LogP contribution in [0.2, 0.25) is 0 Å². The van der Waals surface area contributed by atoms with Gasteiger partial charge in [-0.2, -0.15) is 26.3 Å². The van der Waals surface area contributed by atoms with Crippen molar-refractivity contribution in [2.24, 2.45) is 0 Å². The van der Waals surface area contributed by atoms with Crippen LogP contribution in [0.4, 0.5) is 26.3 Å². The normalized spacial score (nSPS) is 11.4. The van der Waals surface area contributed by atoms with Gasteiger partial charge >= 0.3 is 12.4 Å². The first-order valence-electron chi connectivity index (χ1n) is 7.48. The number of carbonyl (C=O) groups excluding carboxylic acids is 2. The van der Waals surface area contributed by atoms with Gasteiger partial charge in [0.05, 0.1) is 16.5 Å². The number of hydrogen-bond acceptors (Lipinski definition) is 3. The van der Waals surface area contributed by atoms with Gasteiger partial charge < -0.3 is 5.11 Å². The molecule has 1 N–H and O–H groups in total. The lowest BCUT2D eigenvalue weighted by atomic mass is 10.1. The highest BCUT2D eigenvalue weighted by molar-refractivity contribution is 9.09. The van der Waals surface area contributed by atoms with Crippen molar-refractivity contribution in [3.05, 3.63) is 70.8 Å². The molecule has 0 aliphatic rings. The highest BCUT2D eigenvalue weighted by Gasteiger charge is 2.30. The molecule has 0 unspecified atom stereocenters. The summed E-state index contributed by atoms with van der Waals surface area (Å²) in [4.78, 5) is 21.9. The average Bonchev–Trinajstić information content (AvgIpc) is 2.66. The summed E-state index contributed by atoms with van der Waals surface area (Å²) in [7, 11) is 0. The number of aliphatic hydroxyl groups excluding tert-OH is 1. The SMILES string of the molecule is O=C(CBr)c1ccc(C(F)(F)F)cc1.O=C(CO)c1ccc(C(F)(F)F)cc1. The van der Waals surface area contributed by atoms with Crippen LogP contribution in [0.3, 0.4) is 0 Å². The summed E-state index contributed by atoms with van der Waals surface area (Å²) in [6.45, 7) is -0.703. The highest BCUT2D eigenvalue weighted by Crippen LogP contribution is 2.29. The van der Waals surface area contributed by atoms with Crippen molar-refractivity contribution in [3.8, 4) is 0 Å². The lowest BCUT2D eigenvalue weighted by Crippen LogP contribution is -2.07. The third kappa shape index (κ3) is 7.08. The van der Waals surface area contributed by atoms with E-state index < -0.39 is 35.9 Å². The van der Waals surface area contributed by atoms with E-state index in [2.05, 4.69) is 15.9 Å².